The number of rotatable bonds is 4. The summed E-state index contributed by atoms with van der Waals surface area (Å²) in [4.78, 5) is 13.7. The Morgan fingerprint density at radius 1 is 1.37 bits per heavy atom. The molecule has 0 aromatic carbocycles. The van der Waals surface area contributed by atoms with Crippen LogP contribution in [-0.4, -0.2) is 28.2 Å². The number of carbonyl (C=O) groups is 1. The lowest BCUT2D eigenvalue weighted by Gasteiger charge is -2.12. The van der Waals surface area contributed by atoms with Crippen molar-refractivity contribution < 1.29 is 13.8 Å². The average Bonchev–Trinajstić information content (AvgIpc) is 2.98. The van der Waals surface area contributed by atoms with E-state index in [-0.39, 0.29) is 11.7 Å². The van der Waals surface area contributed by atoms with E-state index < -0.39 is 0 Å². The second-order valence-corrected chi connectivity index (χ2v) is 4.98. The van der Waals surface area contributed by atoms with E-state index in [9.17, 15) is 4.79 Å². The molecule has 1 amide bonds. The lowest BCUT2D eigenvalue weighted by Crippen LogP contribution is -2.25. The van der Waals surface area contributed by atoms with Crippen LogP contribution in [0, 0.1) is 6.92 Å². The molecule has 0 saturated heterocycles. The van der Waals surface area contributed by atoms with Crippen molar-refractivity contribution in [2.45, 2.75) is 32.2 Å². The van der Waals surface area contributed by atoms with Gasteiger partial charge in [0, 0.05) is 25.1 Å². The van der Waals surface area contributed by atoms with Gasteiger partial charge in [-0.25, -0.2) is 0 Å². The number of carbonyl (C=O) groups excluding carboxylic acids is 1. The maximum absolute atomic E-state index is 12.1. The fourth-order valence-electron chi connectivity index (χ4n) is 1.96. The van der Waals surface area contributed by atoms with Crippen molar-refractivity contribution in [2.24, 2.45) is 0 Å². The molecule has 0 atom stereocenters. The van der Waals surface area contributed by atoms with Gasteiger partial charge in [-0.05, 0) is 19.8 Å². The lowest BCUT2D eigenvalue weighted by molar-refractivity contribution is 0.0740. The normalized spacial score (nSPS) is 14.6. The van der Waals surface area contributed by atoms with Crippen LogP contribution in [0.1, 0.15) is 46.5 Å². The van der Waals surface area contributed by atoms with Crippen molar-refractivity contribution in [3.63, 3.8) is 0 Å². The van der Waals surface area contributed by atoms with Crippen LogP contribution in [0.5, 0.6) is 0 Å². The topological polar surface area (TPSA) is 72.4 Å². The zero-order valence-electron chi connectivity index (χ0n) is 10.9. The summed E-state index contributed by atoms with van der Waals surface area (Å²) in [5.41, 5.74) is 1.60. The first-order valence-corrected chi connectivity index (χ1v) is 6.28. The van der Waals surface area contributed by atoms with Gasteiger partial charge < -0.3 is 13.9 Å². The van der Waals surface area contributed by atoms with Crippen molar-refractivity contribution in [3.8, 4) is 0 Å². The largest absolute Gasteiger partial charge is 0.361 e. The third-order valence-electron chi connectivity index (χ3n) is 3.16. The first-order chi connectivity index (χ1) is 9.13. The lowest BCUT2D eigenvalue weighted by atomic mass is 10.2. The summed E-state index contributed by atoms with van der Waals surface area (Å²) in [5, 5.41) is 7.80. The predicted octanol–water partition coefficient (Wildman–Crippen LogP) is 2.12. The Morgan fingerprint density at radius 3 is 2.79 bits per heavy atom. The minimum atomic E-state index is -0.194. The molecule has 0 unspecified atom stereocenters. The minimum absolute atomic E-state index is 0.194. The van der Waals surface area contributed by atoms with Crippen LogP contribution >= 0.6 is 0 Å². The van der Waals surface area contributed by atoms with Gasteiger partial charge >= 0.3 is 0 Å². The summed E-state index contributed by atoms with van der Waals surface area (Å²) in [7, 11) is 1.70. The van der Waals surface area contributed by atoms with Crippen molar-refractivity contribution in [3.05, 3.63) is 35.0 Å². The van der Waals surface area contributed by atoms with E-state index in [0.29, 0.717) is 12.5 Å². The van der Waals surface area contributed by atoms with Crippen molar-refractivity contribution in [1.82, 2.24) is 15.2 Å². The van der Waals surface area contributed by atoms with Gasteiger partial charge in [-0.3, -0.25) is 4.79 Å². The smallest absolute Gasteiger partial charge is 0.292 e. The fourth-order valence-corrected chi connectivity index (χ4v) is 1.96. The summed E-state index contributed by atoms with van der Waals surface area (Å²) in [6.07, 6.45) is 2.27. The van der Waals surface area contributed by atoms with E-state index >= 15 is 0 Å². The Labute approximate surface area is 110 Å². The van der Waals surface area contributed by atoms with Crippen LogP contribution < -0.4 is 0 Å². The quantitative estimate of drug-likeness (QED) is 0.842. The molecule has 2 aromatic heterocycles. The first kappa shape index (κ1) is 12.0. The minimum Gasteiger partial charge on any atom is -0.361 e. The van der Waals surface area contributed by atoms with Crippen molar-refractivity contribution in [2.75, 3.05) is 7.05 Å². The highest BCUT2D eigenvalue weighted by Crippen LogP contribution is 2.39. The highest BCUT2D eigenvalue weighted by molar-refractivity contribution is 5.91. The van der Waals surface area contributed by atoms with E-state index in [4.69, 9.17) is 9.05 Å². The molecule has 1 aliphatic rings. The van der Waals surface area contributed by atoms with Crippen LogP contribution in [0.3, 0.4) is 0 Å². The summed E-state index contributed by atoms with van der Waals surface area (Å²) >= 11 is 0. The number of amides is 1. The third kappa shape index (κ3) is 2.52. The predicted molar refractivity (Wildman–Crippen MR) is 65.5 cm³/mol. The Hall–Kier alpha value is -2.11. The first-order valence-electron chi connectivity index (χ1n) is 6.28. The van der Waals surface area contributed by atoms with Gasteiger partial charge in [0.15, 0.2) is 0 Å². The van der Waals surface area contributed by atoms with Gasteiger partial charge in [0.05, 0.1) is 12.2 Å². The molecule has 0 aliphatic heterocycles. The molecular formula is C13H15N3O3. The van der Waals surface area contributed by atoms with Gasteiger partial charge in [-0.1, -0.05) is 10.3 Å². The molecule has 2 aromatic rings. The molecule has 6 heteroatoms. The van der Waals surface area contributed by atoms with Crippen LogP contribution in [0.25, 0.3) is 0 Å². The summed E-state index contributed by atoms with van der Waals surface area (Å²) in [5.74, 6) is 1.30. The second kappa shape index (κ2) is 4.53. The maximum atomic E-state index is 12.1. The zero-order valence-corrected chi connectivity index (χ0v) is 10.9. The number of aryl methyl sites for hydroxylation is 1. The molecule has 1 aliphatic carbocycles. The molecule has 3 rings (SSSR count). The van der Waals surface area contributed by atoms with Crippen LogP contribution in [0.2, 0.25) is 0 Å². The molecule has 0 radical (unpaired) electrons. The maximum Gasteiger partial charge on any atom is 0.292 e. The number of hydrogen-bond donors (Lipinski definition) is 0. The Bertz CT molecular complexity index is 598. The number of nitrogens with zero attached hydrogens (tertiary/aromatic N) is 3. The highest BCUT2D eigenvalue weighted by atomic mass is 16.5. The molecule has 0 bridgehead atoms. The SMILES string of the molecule is Cc1cc(CN(C)C(=O)c2cc(C3CC3)no2)no1. The molecule has 6 nitrogen and oxygen atoms in total. The van der Waals surface area contributed by atoms with E-state index in [1.807, 2.05) is 6.92 Å². The fraction of sp³-hybridized carbons (Fsp3) is 0.462. The highest BCUT2D eigenvalue weighted by Gasteiger charge is 2.29. The van der Waals surface area contributed by atoms with E-state index in [1.54, 1.807) is 19.2 Å². The molecule has 100 valence electrons. The number of aromatic nitrogens is 2. The van der Waals surface area contributed by atoms with Crippen molar-refractivity contribution >= 4 is 5.91 Å². The van der Waals surface area contributed by atoms with Crippen LogP contribution in [0.4, 0.5) is 0 Å². The summed E-state index contributed by atoms with van der Waals surface area (Å²) < 4.78 is 10.1. The van der Waals surface area contributed by atoms with Crippen LogP contribution in [-0.2, 0) is 6.54 Å². The molecule has 1 fully saturated rings. The van der Waals surface area contributed by atoms with Crippen LogP contribution in [0.15, 0.2) is 21.2 Å². The molecule has 0 spiro atoms. The second-order valence-electron chi connectivity index (χ2n) is 4.98. The molecule has 0 N–H and O–H groups in total. The molecule has 1 saturated carbocycles. The van der Waals surface area contributed by atoms with Gasteiger partial charge in [-0.2, -0.15) is 0 Å². The van der Waals surface area contributed by atoms with Gasteiger partial charge in [0.25, 0.3) is 5.91 Å². The third-order valence-corrected chi connectivity index (χ3v) is 3.16. The number of hydrogen-bond acceptors (Lipinski definition) is 5. The Kier molecular flexibility index (Phi) is 2.85. The summed E-state index contributed by atoms with van der Waals surface area (Å²) in [6, 6.07) is 3.55. The average molecular weight is 261 g/mol. The molecular weight excluding hydrogens is 246 g/mol. The monoisotopic (exact) mass is 261 g/mol. The van der Waals surface area contributed by atoms with Gasteiger partial charge in [0.1, 0.15) is 11.5 Å². The zero-order chi connectivity index (χ0) is 13.4. The summed E-state index contributed by atoms with van der Waals surface area (Å²) in [6.45, 7) is 2.20. The molecule has 2 heterocycles. The van der Waals surface area contributed by atoms with E-state index in [1.165, 1.54) is 4.90 Å². The van der Waals surface area contributed by atoms with Gasteiger partial charge in [-0.15, -0.1) is 0 Å². The molecule has 19 heavy (non-hydrogen) atoms. The standard InChI is InChI=1S/C13H15N3O3/c1-8-5-10(14-18-8)7-16(2)13(17)12-6-11(15-19-12)9-3-4-9/h5-6,9H,3-4,7H2,1-2H3. The Morgan fingerprint density at radius 2 is 2.16 bits per heavy atom. The van der Waals surface area contributed by atoms with Crippen molar-refractivity contribution in [1.29, 1.82) is 0 Å². The van der Waals surface area contributed by atoms with E-state index in [2.05, 4.69) is 10.3 Å². The van der Waals surface area contributed by atoms with E-state index in [0.717, 1.165) is 30.0 Å². The Balaban J connectivity index is 1.67. The van der Waals surface area contributed by atoms with Gasteiger partial charge in [0.2, 0.25) is 5.76 Å².